The van der Waals surface area contributed by atoms with E-state index >= 15 is 0 Å². The van der Waals surface area contributed by atoms with Crippen molar-refractivity contribution in [3.8, 4) is 17.1 Å². The number of Topliss-reactive ketones (excluding diaryl/α,β-unsaturated/α-hetero) is 1. The van der Waals surface area contributed by atoms with Crippen LogP contribution in [-0.2, 0) is 0 Å². The molecule has 1 aromatic carbocycles. The van der Waals surface area contributed by atoms with Crippen molar-refractivity contribution in [1.29, 1.82) is 0 Å². The van der Waals surface area contributed by atoms with Gasteiger partial charge in [0.05, 0.1) is 24.7 Å². The molecule has 0 amide bonds. The van der Waals surface area contributed by atoms with Gasteiger partial charge in [-0.15, -0.1) is 0 Å². The first-order chi connectivity index (χ1) is 15.6. The van der Waals surface area contributed by atoms with Crippen LogP contribution in [0.3, 0.4) is 0 Å². The molecule has 1 aliphatic heterocycles. The van der Waals surface area contributed by atoms with Crippen LogP contribution in [-0.4, -0.2) is 45.5 Å². The number of carbonyl (C=O) groups excluding carboxylic acids is 1. The van der Waals surface area contributed by atoms with Crippen LogP contribution in [0.15, 0.2) is 45.6 Å². The molecule has 2 saturated carbocycles. The monoisotopic (exact) mass is 454 g/mol. The van der Waals surface area contributed by atoms with Crippen LogP contribution in [0.25, 0.3) is 11.3 Å². The quantitative estimate of drug-likeness (QED) is 0.639. The van der Waals surface area contributed by atoms with Gasteiger partial charge in [-0.1, -0.05) is 44.2 Å². The average molecular weight is 455 g/mol. The van der Waals surface area contributed by atoms with Gasteiger partial charge in [-0.3, -0.25) is 4.79 Å². The minimum Gasteiger partial charge on any atom is -0.483 e. The van der Waals surface area contributed by atoms with E-state index < -0.39 is 46.0 Å². The molecule has 1 aromatic heterocycles. The van der Waals surface area contributed by atoms with E-state index in [-0.39, 0.29) is 36.0 Å². The van der Waals surface area contributed by atoms with Crippen molar-refractivity contribution in [1.82, 2.24) is 0 Å². The van der Waals surface area contributed by atoms with Gasteiger partial charge >= 0.3 is 5.63 Å². The first kappa shape index (κ1) is 22.3. The van der Waals surface area contributed by atoms with Gasteiger partial charge in [-0.05, 0) is 37.5 Å². The SMILES string of the molecule is CC1(CO)C2C[C@H](O)[C@@]3(C)Oc4cc(-c5ccccc5)oc(=O)c4C(=O)C3[C@@]2(C)CC[C@@H]1O. The summed E-state index contributed by atoms with van der Waals surface area (Å²) in [5.41, 5.74) is -3.04. The summed E-state index contributed by atoms with van der Waals surface area (Å²) in [7, 11) is 0. The molecule has 0 radical (unpaired) electrons. The Hall–Kier alpha value is -2.48. The minimum absolute atomic E-state index is 0.121. The molecule has 7 heteroatoms. The summed E-state index contributed by atoms with van der Waals surface area (Å²) in [6.45, 7) is 5.22. The fraction of sp³-hybridized carbons (Fsp3) is 0.538. The van der Waals surface area contributed by atoms with Gasteiger partial charge < -0.3 is 24.5 Å². The van der Waals surface area contributed by atoms with E-state index in [0.29, 0.717) is 18.4 Å². The van der Waals surface area contributed by atoms with Gasteiger partial charge in [-0.25, -0.2) is 4.79 Å². The molecular weight excluding hydrogens is 424 g/mol. The average Bonchev–Trinajstić information content (AvgIpc) is 2.78. The first-order valence-electron chi connectivity index (χ1n) is 11.5. The van der Waals surface area contributed by atoms with Gasteiger partial charge in [0.15, 0.2) is 5.78 Å². The second kappa shape index (κ2) is 7.26. The predicted molar refractivity (Wildman–Crippen MR) is 120 cm³/mol. The van der Waals surface area contributed by atoms with E-state index in [4.69, 9.17) is 9.15 Å². The number of ether oxygens (including phenoxy) is 1. The normalized spacial score (nSPS) is 39.8. The van der Waals surface area contributed by atoms with Crippen molar-refractivity contribution in [2.45, 2.75) is 57.8 Å². The Morgan fingerprint density at radius 2 is 1.76 bits per heavy atom. The third kappa shape index (κ3) is 2.92. The highest BCUT2D eigenvalue weighted by molar-refractivity contribution is 6.02. The molecule has 2 fully saturated rings. The van der Waals surface area contributed by atoms with Crippen molar-refractivity contribution < 1.29 is 29.3 Å². The molecule has 7 atom stereocenters. The van der Waals surface area contributed by atoms with Gasteiger partial charge in [0.25, 0.3) is 0 Å². The second-order valence-corrected chi connectivity index (χ2v) is 10.6. The molecule has 33 heavy (non-hydrogen) atoms. The Balaban J connectivity index is 1.66. The highest BCUT2D eigenvalue weighted by Gasteiger charge is 2.69. The van der Waals surface area contributed by atoms with Crippen LogP contribution >= 0.6 is 0 Å². The number of fused-ring (bicyclic) bond motifs is 4. The van der Waals surface area contributed by atoms with Gasteiger partial charge in [0.1, 0.15) is 22.7 Å². The van der Waals surface area contributed by atoms with Gasteiger partial charge in [-0.2, -0.15) is 0 Å². The van der Waals surface area contributed by atoms with Crippen LogP contribution in [0.4, 0.5) is 0 Å². The largest absolute Gasteiger partial charge is 0.483 e. The van der Waals surface area contributed by atoms with E-state index in [1.165, 1.54) is 0 Å². The number of carbonyl (C=O) groups is 1. The second-order valence-electron chi connectivity index (χ2n) is 10.6. The lowest BCUT2D eigenvalue weighted by atomic mass is 9.43. The molecule has 3 N–H and O–H groups in total. The summed E-state index contributed by atoms with van der Waals surface area (Å²) in [6.07, 6.45) is -0.579. The first-order valence-corrected chi connectivity index (χ1v) is 11.5. The Labute approximate surface area is 192 Å². The minimum atomic E-state index is -1.25. The molecule has 2 aliphatic carbocycles. The summed E-state index contributed by atoms with van der Waals surface area (Å²) in [4.78, 5) is 27.0. The fourth-order valence-corrected chi connectivity index (χ4v) is 6.93. The van der Waals surface area contributed by atoms with Crippen molar-refractivity contribution >= 4 is 5.78 Å². The summed E-state index contributed by atoms with van der Waals surface area (Å²) < 4.78 is 11.9. The lowest BCUT2D eigenvalue weighted by Crippen LogP contribution is -2.71. The molecule has 2 heterocycles. The number of hydrogen-bond acceptors (Lipinski definition) is 7. The maximum atomic E-state index is 13.9. The van der Waals surface area contributed by atoms with E-state index in [1.807, 2.05) is 25.1 Å². The van der Waals surface area contributed by atoms with E-state index in [2.05, 4.69) is 0 Å². The molecule has 0 bridgehead atoms. The molecule has 0 spiro atoms. The summed E-state index contributed by atoms with van der Waals surface area (Å²) in [6, 6.07) is 10.6. The van der Waals surface area contributed by atoms with Crippen LogP contribution < -0.4 is 10.4 Å². The molecule has 3 unspecified atom stereocenters. The molecule has 176 valence electrons. The van der Waals surface area contributed by atoms with Gasteiger partial charge in [0.2, 0.25) is 0 Å². The molecule has 7 nitrogen and oxygen atoms in total. The van der Waals surface area contributed by atoms with Crippen molar-refractivity contribution in [3.05, 3.63) is 52.4 Å². The summed E-state index contributed by atoms with van der Waals surface area (Å²) in [5, 5.41) is 32.2. The van der Waals surface area contributed by atoms with Crippen LogP contribution in [0.2, 0.25) is 0 Å². The smallest absolute Gasteiger partial charge is 0.351 e. The number of ketones is 1. The molecule has 5 rings (SSSR count). The number of aliphatic hydroxyl groups excluding tert-OH is 3. The Bertz CT molecular complexity index is 1160. The zero-order valence-electron chi connectivity index (χ0n) is 19.1. The third-order valence-corrected chi connectivity index (χ3v) is 8.82. The highest BCUT2D eigenvalue weighted by atomic mass is 16.5. The van der Waals surface area contributed by atoms with Gasteiger partial charge in [0, 0.05) is 17.0 Å². The van der Waals surface area contributed by atoms with Crippen LogP contribution in [0, 0.1) is 22.7 Å². The lowest BCUT2D eigenvalue weighted by Gasteiger charge is -2.64. The Morgan fingerprint density at radius 3 is 2.42 bits per heavy atom. The highest BCUT2D eigenvalue weighted by Crippen LogP contribution is 2.64. The number of aliphatic hydroxyl groups is 3. The topological polar surface area (TPSA) is 117 Å². The number of benzene rings is 1. The number of rotatable bonds is 2. The molecule has 2 aromatic rings. The summed E-state index contributed by atoms with van der Waals surface area (Å²) >= 11 is 0. The molecular formula is C26H30O7. The molecule has 3 aliphatic rings. The Morgan fingerprint density at radius 1 is 1.06 bits per heavy atom. The van der Waals surface area contributed by atoms with Crippen LogP contribution in [0.1, 0.15) is 50.4 Å². The lowest BCUT2D eigenvalue weighted by molar-refractivity contribution is -0.226. The van der Waals surface area contributed by atoms with Crippen molar-refractivity contribution in [2.24, 2.45) is 22.7 Å². The number of hydrogen-bond donors (Lipinski definition) is 3. The fourth-order valence-electron chi connectivity index (χ4n) is 6.93. The van der Waals surface area contributed by atoms with Crippen molar-refractivity contribution in [3.63, 3.8) is 0 Å². The van der Waals surface area contributed by atoms with E-state index in [1.54, 1.807) is 32.0 Å². The van der Waals surface area contributed by atoms with Crippen molar-refractivity contribution in [2.75, 3.05) is 6.61 Å². The molecule has 0 saturated heterocycles. The maximum absolute atomic E-state index is 13.9. The van der Waals surface area contributed by atoms with Crippen LogP contribution in [0.5, 0.6) is 5.75 Å². The predicted octanol–water partition coefficient (Wildman–Crippen LogP) is 2.80. The summed E-state index contributed by atoms with van der Waals surface area (Å²) in [5.74, 6) is -1.16. The van der Waals surface area contributed by atoms with E-state index in [0.717, 1.165) is 0 Å². The zero-order chi connectivity index (χ0) is 23.8. The Kier molecular flexibility index (Phi) is 4.91. The standard InChI is InChI=1S/C26H30O7/c1-24-10-9-18(28)25(2,13-27)17(24)12-19(29)26(3)22(24)21(30)20-16(33-26)11-15(32-23(20)31)14-7-5-4-6-8-14/h4-8,11,17-19,22,27-29H,9-10,12-13H2,1-3H3/t17?,18-,19-,22?,24-,25?,26+/m0/s1. The zero-order valence-corrected chi connectivity index (χ0v) is 19.1. The van der Waals surface area contributed by atoms with E-state index in [9.17, 15) is 24.9 Å². The maximum Gasteiger partial charge on any atom is 0.351 e. The third-order valence-electron chi connectivity index (χ3n) is 8.82.